The van der Waals surface area contributed by atoms with Gasteiger partial charge in [-0.2, -0.15) is 5.10 Å². The summed E-state index contributed by atoms with van der Waals surface area (Å²) < 4.78 is 87.9. The van der Waals surface area contributed by atoms with Gasteiger partial charge in [-0.3, -0.25) is 4.68 Å². The highest BCUT2D eigenvalue weighted by Crippen LogP contribution is 2.38. The predicted molar refractivity (Wildman–Crippen MR) is 126 cm³/mol. The van der Waals surface area contributed by atoms with Crippen LogP contribution >= 0.6 is 0 Å². The number of benzene rings is 2. The van der Waals surface area contributed by atoms with Gasteiger partial charge in [-0.05, 0) is 48.2 Å². The fraction of sp³-hybridized carbons (Fsp3) is 0.400. The van der Waals surface area contributed by atoms with Crippen LogP contribution in [0.1, 0.15) is 42.6 Å². The average Bonchev–Trinajstić information content (AvgIpc) is 3.48. The minimum Gasteiger partial charge on any atom is -0.406 e. The lowest BCUT2D eigenvalue weighted by Gasteiger charge is -2.36. The summed E-state index contributed by atoms with van der Waals surface area (Å²) in [5.41, 5.74) is -1.53. The lowest BCUT2D eigenvalue weighted by molar-refractivity contribution is -0.275. The third-order valence-corrected chi connectivity index (χ3v) is 6.37. The van der Waals surface area contributed by atoms with E-state index in [0.29, 0.717) is 5.82 Å². The molecule has 0 unspecified atom stereocenters. The number of rotatable bonds is 8. The molecular weight excluding hydrogens is 532 g/mol. The first-order valence-corrected chi connectivity index (χ1v) is 12.0. The van der Waals surface area contributed by atoms with E-state index in [1.54, 1.807) is 7.05 Å². The molecular formula is C25H25F6N5O3. The Morgan fingerprint density at radius 2 is 1.49 bits per heavy atom. The first-order valence-electron chi connectivity index (χ1n) is 12.0. The molecule has 1 aliphatic carbocycles. The lowest BCUT2D eigenvalue weighted by atomic mass is 9.79. The maximum atomic E-state index is 13.3. The molecule has 0 saturated heterocycles. The maximum Gasteiger partial charge on any atom is 0.573 e. The summed E-state index contributed by atoms with van der Waals surface area (Å²) in [6.45, 7) is 0. The second kappa shape index (κ2) is 11.0. The van der Waals surface area contributed by atoms with Crippen LogP contribution in [0.5, 0.6) is 11.5 Å². The Bertz CT molecular complexity index is 1230. The third kappa shape index (κ3) is 7.33. The summed E-state index contributed by atoms with van der Waals surface area (Å²) in [6.07, 6.45) is -5.62. The largest absolute Gasteiger partial charge is 0.573 e. The van der Waals surface area contributed by atoms with Crippen LogP contribution in [0.25, 0.3) is 0 Å². The molecule has 1 heterocycles. The van der Waals surface area contributed by atoms with E-state index in [0.717, 1.165) is 49.9 Å². The fourth-order valence-electron chi connectivity index (χ4n) is 4.68. The van der Waals surface area contributed by atoms with Crippen molar-refractivity contribution in [1.29, 1.82) is 0 Å². The zero-order valence-electron chi connectivity index (χ0n) is 20.6. The van der Waals surface area contributed by atoms with Crippen molar-refractivity contribution < 1.29 is 40.6 Å². The van der Waals surface area contributed by atoms with E-state index in [1.165, 1.54) is 35.3 Å². The number of urea groups is 1. The molecule has 1 aliphatic rings. The number of aryl methyl sites for hydroxylation is 1. The van der Waals surface area contributed by atoms with Crippen LogP contribution in [-0.4, -0.2) is 39.6 Å². The Morgan fingerprint density at radius 3 is 1.95 bits per heavy atom. The number of amides is 2. The first-order chi connectivity index (χ1) is 18.3. The minimum atomic E-state index is -5.00. The van der Waals surface area contributed by atoms with Crippen molar-refractivity contribution in [3.63, 3.8) is 0 Å². The maximum absolute atomic E-state index is 13.3. The molecule has 14 heteroatoms. The van der Waals surface area contributed by atoms with Crippen molar-refractivity contribution in [1.82, 2.24) is 25.4 Å². The number of alkyl halides is 6. The van der Waals surface area contributed by atoms with E-state index >= 15 is 0 Å². The van der Waals surface area contributed by atoms with E-state index in [1.807, 2.05) is 0 Å². The number of carbonyl (C=O) groups excluding carboxylic acids is 1. The smallest absolute Gasteiger partial charge is 0.406 e. The van der Waals surface area contributed by atoms with Gasteiger partial charge in [-0.25, -0.2) is 9.78 Å². The van der Waals surface area contributed by atoms with Gasteiger partial charge in [0.15, 0.2) is 0 Å². The van der Waals surface area contributed by atoms with Crippen LogP contribution in [0, 0.1) is 0 Å². The summed E-state index contributed by atoms with van der Waals surface area (Å²) in [6, 6.07) is 8.94. The van der Waals surface area contributed by atoms with Crippen LogP contribution in [0.2, 0.25) is 0 Å². The number of ether oxygens (including phenoxy) is 2. The molecule has 1 saturated carbocycles. The van der Waals surface area contributed by atoms with E-state index in [4.69, 9.17) is 0 Å². The third-order valence-electron chi connectivity index (χ3n) is 6.37. The SMILES string of the molecule is Cn1ncnc1CC(NC(=O)NC1CCCC1)(c1cccc(OC(F)(F)F)c1)c1cccc(OC(F)(F)F)c1. The van der Waals surface area contributed by atoms with Gasteiger partial charge in [-0.15, -0.1) is 26.3 Å². The molecule has 1 aromatic heterocycles. The van der Waals surface area contributed by atoms with E-state index < -0.39 is 35.8 Å². The minimum absolute atomic E-state index is 0.0954. The molecule has 39 heavy (non-hydrogen) atoms. The zero-order chi connectivity index (χ0) is 28.3. The molecule has 0 spiro atoms. The Morgan fingerprint density at radius 1 is 0.949 bits per heavy atom. The summed E-state index contributed by atoms with van der Waals surface area (Å²) in [5.74, 6) is -0.869. The van der Waals surface area contributed by atoms with Crippen LogP contribution in [0.3, 0.4) is 0 Å². The number of halogens is 6. The van der Waals surface area contributed by atoms with E-state index in [2.05, 4.69) is 30.2 Å². The molecule has 0 radical (unpaired) electrons. The van der Waals surface area contributed by atoms with Crippen molar-refractivity contribution in [2.75, 3.05) is 0 Å². The highest BCUT2D eigenvalue weighted by molar-refractivity contribution is 5.76. The van der Waals surface area contributed by atoms with Crippen LogP contribution in [0.15, 0.2) is 54.9 Å². The van der Waals surface area contributed by atoms with Gasteiger partial charge in [0.05, 0.1) is 5.54 Å². The monoisotopic (exact) mass is 557 g/mol. The van der Waals surface area contributed by atoms with Crippen molar-refractivity contribution in [2.24, 2.45) is 7.05 Å². The number of nitrogens with zero attached hydrogens (tertiary/aromatic N) is 3. The van der Waals surface area contributed by atoms with Gasteiger partial charge in [0.1, 0.15) is 23.7 Å². The molecule has 2 N–H and O–H groups in total. The Hall–Kier alpha value is -3.97. The lowest BCUT2D eigenvalue weighted by Crippen LogP contribution is -2.54. The quantitative estimate of drug-likeness (QED) is 0.365. The molecule has 1 fully saturated rings. The van der Waals surface area contributed by atoms with Crippen molar-refractivity contribution in [2.45, 2.75) is 56.4 Å². The van der Waals surface area contributed by atoms with Gasteiger partial charge in [-0.1, -0.05) is 37.1 Å². The van der Waals surface area contributed by atoms with Crippen LogP contribution in [0.4, 0.5) is 31.1 Å². The van der Waals surface area contributed by atoms with Gasteiger partial charge in [0.25, 0.3) is 0 Å². The van der Waals surface area contributed by atoms with Crippen LogP contribution in [-0.2, 0) is 19.0 Å². The molecule has 2 aromatic carbocycles. The van der Waals surface area contributed by atoms with Gasteiger partial charge >= 0.3 is 18.8 Å². The molecule has 2 amide bonds. The highest BCUT2D eigenvalue weighted by Gasteiger charge is 2.40. The molecule has 0 atom stereocenters. The van der Waals surface area contributed by atoms with E-state index in [9.17, 15) is 31.1 Å². The van der Waals surface area contributed by atoms with Crippen molar-refractivity contribution in [3.05, 3.63) is 71.8 Å². The molecule has 8 nitrogen and oxygen atoms in total. The van der Waals surface area contributed by atoms with Gasteiger partial charge in [0, 0.05) is 19.5 Å². The second-order valence-electron chi connectivity index (χ2n) is 9.11. The summed E-state index contributed by atoms with van der Waals surface area (Å²) in [5, 5.41) is 9.70. The summed E-state index contributed by atoms with van der Waals surface area (Å²) in [4.78, 5) is 17.5. The number of hydrogen-bond acceptors (Lipinski definition) is 5. The molecule has 210 valence electrons. The number of carbonyl (C=O) groups is 1. The standard InChI is InChI=1S/C25H25F6N5O3/c1-36-21(32-15-33-36)14-23(35-22(37)34-18-8-2-3-9-18,16-6-4-10-19(12-16)38-24(26,27)28)17-7-5-11-20(13-17)39-25(29,30)31/h4-7,10-13,15,18H,2-3,8-9,14H2,1H3,(H2,34,35,37). The van der Waals surface area contributed by atoms with Crippen LogP contribution < -0.4 is 20.1 Å². The summed E-state index contributed by atoms with van der Waals surface area (Å²) >= 11 is 0. The first kappa shape index (κ1) is 28.0. The highest BCUT2D eigenvalue weighted by atomic mass is 19.4. The fourth-order valence-corrected chi connectivity index (χ4v) is 4.68. The van der Waals surface area contributed by atoms with E-state index in [-0.39, 0.29) is 23.6 Å². The summed E-state index contributed by atoms with van der Waals surface area (Å²) in [7, 11) is 1.57. The zero-order valence-corrected chi connectivity index (χ0v) is 20.6. The van der Waals surface area contributed by atoms with Crippen molar-refractivity contribution in [3.8, 4) is 11.5 Å². The Labute approximate surface area is 219 Å². The number of aromatic nitrogens is 3. The predicted octanol–water partition coefficient (Wildman–Crippen LogP) is 5.34. The van der Waals surface area contributed by atoms with Crippen molar-refractivity contribution >= 4 is 6.03 Å². The van der Waals surface area contributed by atoms with Gasteiger partial charge in [0.2, 0.25) is 0 Å². The topological polar surface area (TPSA) is 90.3 Å². The molecule has 0 bridgehead atoms. The number of nitrogens with one attached hydrogen (secondary N) is 2. The molecule has 4 rings (SSSR count). The normalized spacial score (nSPS) is 14.7. The molecule has 0 aliphatic heterocycles. The van der Waals surface area contributed by atoms with Gasteiger partial charge < -0.3 is 20.1 Å². The Balaban J connectivity index is 1.87. The molecule has 3 aromatic rings. The average molecular weight is 557 g/mol. The Kier molecular flexibility index (Phi) is 7.93. The second-order valence-corrected chi connectivity index (χ2v) is 9.11. The number of hydrogen-bond donors (Lipinski definition) is 2.